The molecule has 0 aliphatic carbocycles. The molecule has 0 aliphatic rings. The molecule has 0 fully saturated rings. The van der Waals surface area contributed by atoms with Gasteiger partial charge in [0.05, 0.1) is 5.75 Å². The first kappa shape index (κ1) is 18.3. The molecule has 0 unspecified atom stereocenters. The van der Waals surface area contributed by atoms with Gasteiger partial charge in [-0.1, -0.05) is 23.8 Å². The lowest BCUT2D eigenvalue weighted by Crippen LogP contribution is -2.13. The summed E-state index contributed by atoms with van der Waals surface area (Å²) in [6.07, 6.45) is 0. The molecular formula is C23H20N2O2S. The molecule has 5 heteroatoms. The first-order valence-electron chi connectivity index (χ1n) is 9.04. The van der Waals surface area contributed by atoms with Gasteiger partial charge < -0.3 is 9.73 Å². The van der Waals surface area contributed by atoms with Gasteiger partial charge in [-0.05, 0) is 67.9 Å². The highest BCUT2D eigenvalue weighted by molar-refractivity contribution is 8.00. The largest absolute Gasteiger partial charge is 0.436 e. The summed E-state index contributed by atoms with van der Waals surface area (Å²) in [5, 5.41) is 2.93. The van der Waals surface area contributed by atoms with Gasteiger partial charge in [0.1, 0.15) is 5.52 Å². The van der Waals surface area contributed by atoms with Crippen LogP contribution in [0.15, 0.2) is 76.0 Å². The number of carbonyl (C=O) groups excluding carboxylic acids is 1. The van der Waals surface area contributed by atoms with E-state index in [1.165, 1.54) is 17.3 Å². The zero-order chi connectivity index (χ0) is 19.5. The minimum absolute atomic E-state index is 0.0318. The molecule has 0 saturated heterocycles. The van der Waals surface area contributed by atoms with Crippen molar-refractivity contribution in [2.75, 3.05) is 11.1 Å². The van der Waals surface area contributed by atoms with Crippen molar-refractivity contribution in [3.05, 3.63) is 77.9 Å². The van der Waals surface area contributed by atoms with Crippen LogP contribution in [0.2, 0.25) is 0 Å². The van der Waals surface area contributed by atoms with E-state index in [1.54, 1.807) is 0 Å². The highest BCUT2D eigenvalue weighted by atomic mass is 32.2. The van der Waals surface area contributed by atoms with Crippen molar-refractivity contribution in [3.63, 3.8) is 0 Å². The van der Waals surface area contributed by atoms with Gasteiger partial charge in [0.15, 0.2) is 5.58 Å². The Balaban J connectivity index is 1.39. The van der Waals surface area contributed by atoms with Gasteiger partial charge in [-0.25, -0.2) is 4.98 Å². The van der Waals surface area contributed by atoms with Gasteiger partial charge in [-0.15, -0.1) is 11.8 Å². The minimum atomic E-state index is -0.0318. The van der Waals surface area contributed by atoms with Crippen LogP contribution in [0.4, 0.5) is 5.69 Å². The maximum atomic E-state index is 12.2. The van der Waals surface area contributed by atoms with E-state index in [0.29, 0.717) is 11.6 Å². The van der Waals surface area contributed by atoms with Crippen LogP contribution in [-0.4, -0.2) is 16.6 Å². The third kappa shape index (κ3) is 4.26. The number of fused-ring (bicyclic) bond motifs is 1. The molecular weight excluding hydrogens is 368 g/mol. The second kappa shape index (κ2) is 7.90. The maximum Gasteiger partial charge on any atom is 0.234 e. The quantitative estimate of drug-likeness (QED) is 0.436. The Bertz CT molecular complexity index is 1120. The van der Waals surface area contributed by atoms with Crippen molar-refractivity contribution >= 4 is 34.5 Å². The first-order chi connectivity index (χ1) is 13.6. The summed E-state index contributed by atoms with van der Waals surface area (Å²) in [6, 6.07) is 21.6. The lowest BCUT2D eigenvalue weighted by Gasteiger charge is -2.06. The predicted octanol–water partition coefficient (Wildman–Crippen LogP) is 5.84. The average Bonchev–Trinajstić information content (AvgIpc) is 3.11. The molecule has 1 heterocycles. The molecule has 0 saturated carbocycles. The van der Waals surface area contributed by atoms with Gasteiger partial charge in [-0.2, -0.15) is 0 Å². The monoisotopic (exact) mass is 388 g/mol. The van der Waals surface area contributed by atoms with Gasteiger partial charge in [0.25, 0.3) is 0 Å². The number of thioether (sulfide) groups is 1. The van der Waals surface area contributed by atoms with E-state index in [1.807, 2.05) is 80.6 Å². The third-order valence-electron chi connectivity index (χ3n) is 4.35. The number of amides is 1. The van der Waals surface area contributed by atoms with E-state index >= 15 is 0 Å². The number of nitrogens with one attached hydrogen (secondary N) is 1. The SMILES string of the molecule is Cc1ccc(SCC(=O)Nc2ccc(-c3nc4cc(C)ccc4o3)cc2)cc1. The molecule has 0 aliphatic heterocycles. The van der Waals surface area contributed by atoms with Gasteiger partial charge in [-0.3, -0.25) is 4.79 Å². The Labute approximate surface area is 168 Å². The highest BCUT2D eigenvalue weighted by Gasteiger charge is 2.09. The molecule has 1 N–H and O–H groups in total. The Kier molecular flexibility index (Phi) is 5.17. The number of aryl methyl sites for hydroxylation is 2. The topological polar surface area (TPSA) is 55.1 Å². The van der Waals surface area contributed by atoms with Crippen LogP contribution in [0.1, 0.15) is 11.1 Å². The number of benzene rings is 3. The molecule has 28 heavy (non-hydrogen) atoms. The Morgan fingerprint density at radius 1 is 0.964 bits per heavy atom. The van der Waals surface area contributed by atoms with Crippen LogP contribution in [0, 0.1) is 13.8 Å². The minimum Gasteiger partial charge on any atom is -0.436 e. The fourth-order valence-corrected chi connectivity index (χ4v) is 3.54. The number of carbonyl (C=O) groups is 1. The van der Waals surface area contributed by atoms with Crippen molar-refractivity contribution in [1.82, 2.24) is 4.98 Å². The first-order valence-corrected chi connectivity index (χ1v) is 10.0. The van der Waals surface area contributed by atoms with Crippen molar-refractivity contribution in [2.24, 2.45) is 0 Å². The number of oxazole rings is 1. The van der Waals surface area contributed by atoms with Crippen molar-refractivity contribution < 1.29 is 9.21 Å². The summed E-state index contributed by atoms with van der Waals surface area (Å²) in [7, 11) is 0. The standard InChI is InChI=1S/C23H20N2O2S/c1-15-3-10-19(11-4-15)28-14-22(26)24-18-8-6-17(7-9-18)23-25-20-13-16(2)5-12-21(20)27-23/h3-13H,14H2,1-2H3,(H,24,26). The van der Waals surface area contributed by atoms with Crippen LogP contribution in [0.5, 0.6) is 0 Å². The number of nitrogens with zero attached hydrogens (tertiary/aromatic N) is 1. The molecule has 0 atom stereocenters. The van der Waals surface area contributed by atoms with Crippen LogP contribution < -0.4 is 5.32 Å². The number of rotatable bonds is 5. The number of aromatic nitrogens is 1. The van der Waals surface area contributed by atoms with E-state index in [2.05, 4.69) is 10.3 Å². The summed E-state index contributed by atoms with van der Waals surface area (Å²) >= 11 is 1.52. The molecule has 4 rings (SSSR count). The molecule has 0 radical (unpaired) electrons. The normalized spacial score (nSPS) is 10.9. The van der Waals surface area contributed by atoms with Crippen LogP contribution in [0.25, 0.3) is 22.6 Å². The van der Waals surface area contributed by atoms with E-state index in [-0.39, 0.29) is 5.91 Å². The summed E-state index contributed by atoms with van der Waals surface area (Å²) in [4.78, 5) is 17.8. The van der Waals surface area contributed by atoms with E-state index in [4.69, 9.17) is 4.42 Å². The molecule has 140 valence electrons. The molecule has 0 spiro atoms. The van der Waals surface area contributed by atoms with Crippen molar-refractivity contribution in [1.29, 1.82) is 0 Å². The predicted molar refractivity (Wildman–Crippen MR) is 115 cm³/mol. The second-order valence-corrected chi connectivity index (χ2v) is 7.77. The zero-order valence-corrected chi connectivity index (χ0v) is 16.5. The van der Waals surface area contributed by atoms with Crippen molar-refractivity contribution in [3.8, 4) is 11.5 Å². The molecule has 1 amide bonds. The van der Waals surface area contributed by atoms with Crippen molar-refractivity contribution in [2.45, 2.75) is 18.7 Å². The molecule has 3 aromatic carbocycles. The van der Waals surface area contributed by atoms with Crippen LogP contribution >= 0.6 is 11.8 Å². The number of anilines is 1. The Morgan fingerprint density at radius 2 is 1.68 bits per heavy atom. The fourth-order valence-electron chi connectivity index (χ4n) is 2.84. The number of hydrogen-bond donors (Lipinski definition) is 1. The average molecular weight is 388 g/mol. The smallest absolute Gasteiger partial charge is 0.234 e. The summed E-state index contributed by atoms with van der Waals surface area (Å²) in [5.74, 6) is 0.916. The second-order valence-electron chi connectivity index (χ2n) is 6.72. The molecule has 4 aromatic rings. The van der Waals surface area contributed by atoms with Gasteiger partial charge >= 0.3 is 0 Å². The van der Waals surface area contributed by atoms with E-state index in [9.17, 15) is 4.79 Å². The highest BCUT2D eigenvalue weighted by Crippen LogP contribution is 2.26. The summed E-state index contributed by atoms with van der Waals surface area (Å²) in [6.45, 7) is 4.08. The third-order valence-corrected chi connectivity index (χ3v) is 5.36. The summed E-state index contributed by atoms with van der Waals surface area (Å²) in [5.41, 5.74) is 5.61. The maximum absolute atomic E-state index is 12.2. The zero-order valence-electron chi connectivity index (χ0n) is 15.7. The van der Waals surface area contributed by atoms with Crippen LogP contribution in [0.3, 0.4) is 0 Å². The van der Waals surface area contributed by atoms with Gasteiger partial charge in [0.2, 0.25) is 11.8 Å². The lowest BCUT2D eigenvalue weighted by atomic mass is 10.2. The molecule has 1 aromatic heterocycles. The molecule has 4 nitrogen and oxygen atoms in total. The fraction of sp³-hybridized carbons (Fsp3) is 0.130. The Morgan fingerprint density at radius 3 is 2.43 bits per heavy atom. The lowest BCUT2D eigenvalue weighted by molar-refractivity contribution is -0.113. The Hall–Kier alpha value is -3.05. The van der Waals surface area contributed by atoms with Crippen LogP contribution in [-0.2, 0) is 4.79 Å². The number of hydrogen-bond acceptors (Lipinski definition) is 4. The molecule has 0 bridgehead atoms. The van der Waals surface area contributed by atoms with E-state index in [0.717, 1.165) is 32.8 Å². The van der Waals surface area contributed by atoms with E-state index < -0.39 is 0 Å². The summed E-state index contributed by atoms with van der Waals surface area (Å²) < 4.78 is 5.82. The van der Waals surface area contributed by atoms with Gasteiger partial charge in [0, 0.05) is 16.1 Å².